The van der Waals surface area contributed by atoms with E-state index in [1.54, 1.807) is 0 Å². The first kappa shape index (κ1) is 9.85. The Labute approximate surface area is 68.6 Å². The van der Waals surface area contributed by atoms with Crippen LogP contribution in [0.25, 0.3) is 0 Å². The predicted octanol–water partition coefficient (Wildman–Crippen LogP) is -3.22. The summed E-state index contributed by atoms with van der Waals surface area (Å²) in [4.78, 5) is 0. The number of aliphatic hydroxyl groups excluding tert-OH is 5. The van der Waals surface area contributed by atoms with Gasteiger partial charge in [-0.3, -0.25) is 0 Å². The third-order valence-electron chi connectivity index (χ3n) is 1.84. The van der Waals surface area contributed by atoms with Gasteiger partial charge in [-0.05, 0) is 0 Å². The van der Waals surface area contributed by atoms with Crippen molar-refractivity contribution >= 4 is 0 Å². The Bertz CT molecular complexity index is 151. The third-order valence-corrected chi connectivity index (χ3v) is 1.84. The monoisotopic (exact) mass is 180 g/mol. The maximum Gasteiger partial charge on any atom is 0.184 e. The molecule has 5 N–H and O–H groups in total. The van der Waals surface area contributed by atoms with Gasteiger partial charge in [0.2, 0.25) is 0 Å². The second-order valence-corrected chi connectivity index (χ2v) is 2.72. The first-order chi connectivity index (χ1) is 5.57. The van der Waals surface area contributed by atoms with Crippen LogP contribution in [0.2, 0.25) is 0 Å². The van der Waals surface area contributed by atoms with Crippen molar-refractivity contribution in [3.05, 3.63) is 0 Å². The average Bonchev–Trinajstić information content (AvgIpc) is 2.32. The summed E-state index contributed by atoms with van der Waals surface area (Å²) in [7, 11) is 0. The van der Waals surface area contributed by atoms with E-state index in [1.165, 1.54) is 0 Å². The SMILES string of the molecule is OC[C@@H](O)[C@H]1O[C@@H](O)C(O)[C@@H]1O. The Kier molecular flexibility index (Phi) is 2.99. The topological polar surface area (TPSA) is 110 Å². The molecule has 0 spiro atoms. The maximum absolute atomic E-state index is 9.12. The fraction of sp³-hybridized carbons (Fsp3) is 1.00. The molecule has 1 aliphatic heterocycles. The molecule has 1 unspecified atom stereocenters. The van der Waals surface area contributed by atoms with Gasteiger partial charge in [0, 0.05) is 0 Å². The van der Waals surface area contributed by atoms with E-state index in [-0.39, 0.29) is 0 Å². The van der Waals surface area contributed by atoms with Crippen LogP contribution in [0.3, 0.4) is 0 Å². The lowest BCUT2D eigenvalue weighted by atomic mass is 10.1. The minimum absolute atomic E-state index is 0.596. The molecule has 1 heterocycles. The fourth-order valence-corrected chi connectivity index (χ4v) is 1.11. The number of aliphatic hydroxyl groups is 5. The molecule has 6 heteroatoms. The Balaban J connectivity index is 2.58. The largest absolute Gasteiger partial charge is 0.394 e. The second-order valence-electron chi connectivity index (χ2n) is 2.72. The van der Waals surface area contributed by atoms with Crippen molar-refractivity contribution in [3.63, 3.8) is 0 Å². The normalized spacial score (nSPS) is 44.8. The lowest BCUT2D eigenvalue weighted by Gasteiger charge is -2.18. The van der Waals surface area contributed by atoms with Crippen LogP contribution < -0.4 is 0 Å². The summed E-state index contributed by atoms with van der Waals surface area (Å²) in [6, 6.07) is 0. The molecule has 0 aromatic rings. The summed E-state index contributed by atoms with van der Waals surface area (Å²) in [6.07, 6.45) is -6.75. The smallest absolute Gasteiger partial charge is 0.184 e. The molecule has 12 heavy (non-hydrogen) atoms. The van der Waals surface area contributed by atoms with Gasteiger partial charge in [-0.25, -0.2) is 0 Å². The van der Waals surface area contributed by atoms with Crippen LogP contribution in [-0.4, -0.2) is 62.8 Å². The highest BCUT2D eigenvalue weighted by atomic mass is 16.6. The van der Waals surface area contributed by atoms with E-state index in [4.69, 9.17) is 25.5 Å². The van der Waals surface area contributed by atoms with E-state index in [0.29, 0.717) is 0 Å². The zero-order valence-corrected chi connectivity index (χ0v) is 6.24. The second kappa shape index (κ2) is 3.65. The molecule has 1 saturated heterocycles. The molecule has 1 aliphatic rings. The number of hydrogen-bond donors (Lipinski definition) is 5. The van der Waals surface area contributed by atoms with Crippen molar-refractivity contribution in [1.29, 1.82) is 0 Å². The molecule has 0 aromatic carbocycles. The van der Waals surface area contributed by atoms with Crippen molar-refractivity contribution < 1.29 is 30.3 Å². The molecule has 72 valence electrons. The van der Waals surface area contributed by atoms with Crippen molar-refractivity contribution in [2.24, 2.45) is 0 Å². The summed E-state index contributed by atoms with van der Waals surface area (Å²) in [5.74, 6) is 0. The fourth-order valence-electron chi connectivity index (χ4n) is 1.11. The molecule has 1 rings (SSSR count). The summed E-state index contributed by atoms with van der Waals surface area (Å²) in [5, 5.41) is 44.4. The summed E-state index contributed by atoms with van der Waals surface area (Å²) < 4.78 is 4.58. The van der Waals surface area contributed by atoms with Crippen molar-refractivity contribution in [2.45, 2.75) is 30.7 Å². The van der Waals surface area contributed by atoms with E-state index in [2.05, 4.69) is 4.74 Å². The van der Waals surface area contributed by atoms with Gasteiger partial charge in [0.15, 0.2) is 6.29 Å². The molecule has 6 nitrogen and oxygen atoms in total. The van der Waals surface area contributed by atoms with Crippen molar-refractivity contribution in [3.8, 4) is 0 Å². The first-order valence-corrected chi connectivity index (χ1v) is 3.56. The molecule has 0 aliphatic carbocycles. The van der Waals surface area contributed by atoms with E-state index in [9.17, 15) is 0 Å². The van der Waals surface area contributed by atoms with Gasteiger partial charge in [0.05, 0.1) is 6.61 Å². The van der Waals surface area contributed by atoms with Crippen LogP contribution in [0.1, 0.15) is 0 Å². The van der Waals surface area contributed by atoms with E-state index < -0.39 is 37.3 Å². The minimum atomic E-state index is -1.51. The van der Waals surface area contributed by atoms with Gasteiger partial charge in [-0.15, -0.1) is 0 Å². The minimum Gasteiger partial charge on any atom is -0.394 e. The number of ether oxygens (including phenoxy) is 1. The first-order valence-electron chi connectivity index (χ1n) is 3.56. The van der Waals surface area contributed by atoms with Crippen LogP contribution in [0.4, 0.5) is 0 Å². The molecular weight excluding hydrogens is 168 g/mol. The molecular formula is C6H12O6. The van der Waals surface area contributed by atoms with Crippen LogP contribution >= 0.6 is 0 Å². The standard InChI is InChI=1S/C6H12O6/c7-1-2(8)5-3(9)4(10)6(11)12-5/h2-11H,1H2/t2-,3+,4?,5-,6-/m1/s1. The highest BCUT2D eigenvalue weighted by Crippen LogP contribution is 2.21. The Morgan fingerprint density at radius 3 is 2.08 bits per heavy atom. The van der Waals surface area contributed by atoms with Gasteiger partial charge in [-0.1, -0.05) is 0 Å². The number of rotatable bonds is 2. The number of hydrogen-bond acceptors (Lipinski definition) is 6. The average molecular weight is 180 g/mol. The Hall–Kier alpha value is -0.240. The third kappa shape index (κ3) is 1.58. The van der Waals surface area contributed by atoms with Crippen LogP contribution in [0.5, 0.6) is 0 Å². The van der Waals surface area contributed by atoms with Crippen molar-refractivity contribution in [1.82, 2.24) is 0 Å². The zero-order chi connectivity index (χ0) is 9.30. The summed E-state index contributed by atoms with van der Waals surface area (Å²) in [5.41, 5.74) is 0. The van der Waals surface area contributed by atoms with Gasteiger partial charge in [-0.2, -0.15) is 0 Å². The molecule has 0 saturated carbocycles. The van der Waals surface area contributed by atoms with Gasteiger partial charge < -0.3 is 30.3 Å². The lowest BCUT2D eigenvalue weighted by molar-refractivity contribution is -0.150. The zero-order valence-electron chi connectivity index (χ0n) is 6.24. The van der Waals surface area contributed by atoms with Gasteiger partial charge in [0.1, 0.15) is 24.4 Å². The van der Waals surface area contributed by atoms with Gasteiger partial charge >= 0.3 is 0 Å². The Morgan fingerprint density at radius 2 is 1.75 bits per heavy atom. The molecule has 0 amide bonds. The van der Waals surface area contributed by atoms with E-state index in [0.717, 1.165) is 0 Å². The molecule has 0 aromatic heterocycles. The quantitative estimate of drug-likeness (QED) is 0.306. The lowest BCUT2D eigenvalue weighted by Crippen LogP contribution is -2.40. The van der Waals surface area contributed by atoms with Crippen molar-refractivity contribution in [2.75, 3.05) is 6.61 Å². The summed E-state index contributed by atoms with van der Waals surface area (Å²) >= 11 is 0. The Morgan fingerprint density at radius 1 is 1.17 bits per heavy atom. The molecule has 1 fully saturated rings. The summed E-state index contributed by atoms with van der Waals surface area (Å²) in [6.45, 7) is -0.596. The van der Waals surface area contributed by atoms with Crippen LogP contribution in [-0.2, 0) is 4.74 Å². The van der Waals surface area contributed by atoms with Crippen LogP contribution in [0.15, 0.2) is 0 Å². The maximum atomic E-state index is 9.12. The predicted molar refractivity (Wildman–Crippen MR) is 36.0 cm³/mol. The molecule has 0 radical (unpaired) electrons. The van der Waals surface area contributed by atoms with E-state index >= 15 is 0 Å². The highest BCUT2D eigenvalue weighted by molar-refractivity contribution is 4.89. The van der Waals surface area contributed by atoms with Gasteiger partial charge in [0.25, 0.3) is 0 Å². The molecule has 5 atom stereocenters. The van der Waals surface area contributed by atoms with E-state index in [1.807, 2.05) is 0 Å². The van der Waals surface area contributed by atoms with Crippen LogP contribution in [0, 0.1) is 0 Å². The molecule has 0 bridgehead atoms. The highest BCUT2D eigenvalue weighted by Gasteiger charge is 2.44.